The second kappa shape index (κ2) is 6.69. The van der Waals surface area contributed by atoms with Crippen LogP contribution in [-0.2, 0) is 23.2 Å². The second-order valence-electron chi connectivity index (χ2n) is 4.37. The summed E-state index contributed by atoms with van der Waals surface area (Å²) in [6.07, 6.45) is 2.13. The van der Waals surface area contributed by atoms with Crippen LogP contribution < -0.4 is 16.6 Å². The van der Waals surface area contributed by atoms with E-state index in [1.165, 1.54) is 13.2 Å². The van der Waals surface area contributed by atoms with E-state index in [0.717, 1.165) is 15.2 Å². The maximum absolute atomic E-state index is 11.7. The molecule has 0 fully saturated rings. The molecule has 0 radical (unpaired) electrons. The van der Waals surface area contributed by atoms with Gasteiger partial charge in [0.25, 0.3) is 5.56 Å². The Bertz CT molecular complexity index is 616. The molecular weight excluding hydrogens is 266 g/mol. The Kier molecular flexibility index (Phi) is 5.24. The fraction of sp³-hybridized carbons (Fsp3) is 0.500. The Morgan fingerprint density at radius 1 is 1.40 bits per heavy atom. The average molecular weight is 283 g/mol. The third-order valence-electron chi connectivity index (χ3n) is 2.78. The third kappa shape index (κ3) is 3.81. The van der Waals surface area contributed by atoms with Crippen molar-refractivity contribution in [2.75, 3.05) is 0 Å². The highest BCUT2D eigenvalue weighted by atomic mass is 16.4. The Morgan fingerprint density at radius 3 is 2.60 bits per heavy atom. The van der Waals surface area contributed by atoms with Crippen molar-refractivity contribution < 1.29 is 14.7 Å². The molecule has 1 heterocycles. The number of nitrogens with one attached hydrogen (secondary N) is 1. The number of carboxylic acids is 1. The Labute approximate surface area is 114 Å². The summed E-state index contributed by atoms with van der Waals surface area (Å²) >= 11 is 0. The number of aliphatic carboxylic acids is 1. The topological polar surface area (TPSA) is 110 Å². The zero-order chi connectivity index (χ0) is 15.3. The smallest absolute Gasteiger partial charge is 0.331 e. The van der Waals surface area contributed by atoms with Crippen LogP contribution in [0, 0.1) is 0 Å². The van der Waals surface area contributed by atoms with Crippen LogP contribution >= 0.6 is 0 Å². The van der Waals surface area contributed by atoms with Crippen LogP contribution in [0.2, 0.25) is 0 Å². The summed E-state index contributed by atoms with van der Waals surface area (Å²) in [5, 5.41) is 11.3. The van der Waals surface area contributed by atoms with Crippen molar-refractivity contribution in [3.8, 4) is 0 Å². The maximum Gasteiger partial charge on any atom is 0.331 e. The lowest BCUT2D eigenvalue weighted by Gasteiger charge is -2.14. The molecule has 1 atom stereocenters. The summed E-state index contributed by atoms with van der Waals surface area (Å²) in [5.74, 6) is -1.71. The monoisotopic (exact) mass is 283 g/mol. The third-order valence-corrected chi connectivity index (χ3v) is 2.78. The minimum atomic E-state index is -1.12. The lowest BCUT2D eigenvalue weighted by atomic mass is 10.1. The quantitative estimate of drug-likeness (QED) is 0.689. The van der Waals surface area contributed by atoms with Crippen molar-refractivity contribution >= 4 is 11.9 Å². The predicted molar refractivity (Wildman–Crippen MR) is 70.4 cm³/mol. The van der Waals surface area contributed by atoms with Crippen molar-refractivity contribution in [3.05, 3.63) is 33.1 Å². The Balaban J connectivity index is 2.81. The van der Waals surface area contributed by atoms with Crippen LogP contribution in [0.5, 0.6) is 0 Å². The van der Waals surface area contributed by atoms with Gasteiger partial charge < -0.3 is 10.4 Å². The molecule has 0 aromatic carbocycles. The minimum absolute atomic E-state index is 0.309. The normalized spacial score (nSPS) is 11.9. The summed E-state index contributed by atoms with van der Waals surface area (Å²) in [7, 11) is 1.30. The van der Waals surface area contributed by atoms with Crippen LogP contribution in [0.4, 0.5) is 0 Å². The molecule has 8 heteroatoms. The number of rotatable bonds is 6. The summed E-state index contributed by atoms with van der Waals surface area (Å²) in [6, 6.07) is 0.186. The molecule has 0 bridgehead atoms. The molecule has 0 aliphatic carbocycles. The Morgan fingerprint density at radius 2 is 2.05 bits per heavy atom. The molecular formula is C12H17N3O5. The number of aromatic nitrogens is 2. The van der Waals surface area contributed by atoms with E-state index in [4.69, 9.17) is 5.11 Å². The molecule has 8 nitrogen and oxygen atoms in total. The number of amides is 1. The highest BCUT2D eigenvalue weighted by Crippen LogP contribution is 1.97. The van der Waals surface area contributed by atoms with Crippen molar-refractivity contribution in [3.63, 3.8) is 0 Å². The highest BCUT2D eigenvalue weighted by molar-refractivity contribution is 5.83. The molecule has 1 rings (SSSR count). The van der Waals surface area contributed by atoms with E-state index in [1.807, 2.05) is 0 Å². The van der Waals surface area contributed by atoms with Gasteiger partial charge >= 0.3 is 11.7 Å². The first-order chi connectivity index (χ1) is 9.36. The number of carboxylic acid groups (broad SMARTS) is 1. The highest BCUT2D eigenvalue weighted by Gasteiger charge is 2.19. The standard InChI is InChI=1S/C12H17N3O5/c1-3-4-8(11(18)19)13-9(16)7-15-6-5-10(17)14(2)12(15)20/h5-6,8H,3-4,7H2,1-2H3,(H,13,16)(H,18,19). The second-order valence-corrected chi connectivity index (χ2v) is 4.37. The van der Waals surface area contributed by atoms with E-state index in [2.05, 4.69) is 5.32 Å². The lowest BCUT2D eigenvalue weighted by Crippen LogP contribution is -2.45. The molecule has 1 aromatic heterocycles. The van der Waals surface area contributed by atoms with Gasteiger partial charge in [-0.2, -0.15) is 0 Å². The van der Waals surface area contributed by atoms with Gasteiger partial charge in [-0.25, -0.2) is 9.59 Å². The molecule has 1 unspecified atom stereocenters. The van der Waals surface area contributed by atoms with Gasteiger partial charge in [0, 0.05) is 19.3 Å². The fourth-order valence-electron chi connectivity index (χ4n) is 1.68. The summed E-state index contributed by atoms with van der Waals surface area (Å²) < 4.78 is 1.91. The fourth-order valence-corrected chi connectivity index (χ4v) is 1.68. The molecule has 0 saturated heterocycles. The van der Waals surface area contributed by atoms with Crippen molar-refractivity contribution in [2.45, 2.75) is 32.4 Å². The van der Waals surface area contributed by atoms with Crippen LogP contribution in [0.3, 0.4) is 0 Å². The van der Waals surface area contributed by atoms with Gasteiger partial charge in [-0.05, 0) is 6.42 Å². The summed E-state index contributed by atoms with van der Waals surface area (Å²) in [5.41, 5.74) is -1.10. The molecule has 0 aliphatic rings. The first kappa shape index (κ1) is 15.7. The van der Waals surface area contributed by atoms with Crippen LogP contribution in [0.1, 0.15) is 19.8 Å². The van der Waals surface area contributed by atoms with E-state index in [9.17, 15) is 19.2 Å². The first-order valence-electron chi connectivity index (χ1n) is 6.15. The van der Waals surface area contributed by atoms with Gasteiger partial charge in [0.15, 0.2) is 0 Å². The van der Waals surface area contributed by atoms with Gasteiger partial charge in [-0.3, -0.25) is 18.7 Å². The van der Waals surface area contributed by atoms with Gasteiger partial charge in [-0.15, -0.1) is 0 Å². The maximum atomic E-state index is 11.7. The molecule has 2 N–H and O–H groups in total. The Hall–Kier alpha value is -2.38. The van der Waals surface area contributed by atoms with Crippen molar-refractivity contribution in [1.82, 2.24) is 14.5 Å². The zero-order valence-corrected chi connectivity index (χ0v) is 11.3. The van der Waals surface area contributed by atoms with E-state index < -0.39 is 29.2 Å². The van der Waals surface area contributed by atoms with Crippen LogP contribution in [-0.4, -0.2) is 32.2 Å². The van der Waals surface area contributed by atoms with E-state index in [-0.39, 0.29) is 6.54 Å². The number of carbonyl (C=O) groups excluding carboxylic acids is 1. The molecule has 1 aromatic rings. The average Bonchev–Trinajstić information content (AvgIpc) is 2.39. The van der Waals surface area contributed by atoms with E-state index >= 15 is 0 Å². The van der Waals surface area contributed by atoms with Crippen molar-refractivity contribution in [2.24, 2.45) is 7.05 Å². The first-order valence-corrected chi connectivity index (χ1v) is 6.15. The molecule has 0 spiro atoms. The van der Waals surface area contributed by atoms with Gasteiger partial charge in [0.05, 0.1) is 0 Å². The molecule has 0 aliphatic heterocycles. The van der Waals surface area contributed by atoms with Gasteiger partial charge in [0.1, 0.15) is 12.6 Å². The van der Waals surface area contributed by atoms with E-state index in [1.54, 1.807) is 6.92 Å². The van der Waals surface area contributed by atoms with Crippen LogP contribution in [0.25, 0.3) is 0 Å². The molecule has 0 saturated carbocycles. The molecule has 110 valence electrons. The predicted octanol–water partition coefficient (Wildman–Crippen LogP) is -1.08. The van der Waals surface area contributed by atoms with Gasteiger partial charge in [0.2, 0.25) is 5.91 Å². The van der Waals surface area contributed by atoms with Gasteiger partial charge in [-0.1, -0.05) is 13.3 Å². The number of nitrogens with zero attached hydrogens (tertiary/aromatic N) is 2. The number of hydrogen-bond acceptors (Lipinski definition) is 4. The molecule has 1 amide bonds. The number of hydrogen-bond donors (Lipinski definition) is 2. The van der Waals surface area contributed by atoms with Crippen LogP contribution in [0.15, 0.2) is 21.9 Å². The minimum Gasteiger partial charge on any atom is -0.480 e. The summed E-state index contributed by atoms with van der Waals surface area (Å²) in [4.78, 5) is 45.5. The van der Waals surface area contributed by atoms with E-state index in [0.29, 0.717) is 12.8 Å². The molecule has 20 heavy (non-hydrogen) atoms. The summed E-state index contributed by atoms with van der Waals surface area (Å²) in [6.45, 7) is 1.47. The zero-order valence-electron chi connectivity index (χ0n) is 11.3. The lowest BCUT2D eigenvalue weighted by molar-refractivity contribution is -0.142. The SMILES string of the molecule is CCCC(NC(=O)Cn1ccc(=O)n(C)c1=O)C(=O)O. The largest absolute Gasteiger partial charge is 0.480 e. The van der Waals surface area contributed by atoms with Crippen molar-refractivity contribution in [1.29, 1.82) is 0 Å². The number of carbonyl (C=O) groups is 2.